The van der Waals surface area contributed by atoms with E-state index in [1.54, 1.807) is 30.3 Å². The summed E-state index contributed by atoms with van der Waals surface area (Å²) in [5, 5.41) is 14.4. The first kappa shape index (κ1) is 35.7. The summed E-state index contributed by atoms with van der Waals surface area (Å²) in [7, 11) is 0. The number of carboxylic acids is 1. The van der Waals surface area contributed by atoms with Crippen molar-refractivity contribution in [3.8, 4) is 5.75 Å². The van der Waals surface area contributed by atoms with Gasteiger partial charge in [-0.25, -0.2) is 14.8 Å². The maximum absolute atomic E-state index is 13.3. The van der Waals surface area contributed by atoms with Crippen LogP contribution in [0.25, 0.3) is 6.08 Å². The Hall–Kier alpha value is -5.19. The highest BCUT2D eigenvalue weighted by molar-refractivity contribution is 6.03. The van der Waals surface area contributed by atoms with Crippen LogP contribution in [0.15, 0.2) is 72.6 Å². The molecule has 1 unspecified atom stereocenters. The van der Waals surface area contributed by atoms with E-state index in [0.717, 1.165) is 36.0 Å². The molecule has 2 heterocycles. The third kappa shape index (κ3) is 10.7. The predicted octanol–water partition coefficient (Wildman–Crippen LogP) is 4.55. The van der Waals surface area contributed by atoms with E-state index in [2.05, 4.69) is 25.3 Å². The Morgan fingerprint density at radius 1 is 0.979 bits per heavy atom. The minimum Gasteiger partial charge on any atom is -0.480 e. The SMILES string of the molecule is O=C(NC(COCc1ccccc1)C(=O)O)C(=Cc1ccc(OC(F)(F)F)cc1)NC(=O)C1CCN(c2nccc(C(F)(F)F)n2)CC1. The van der Waals surface area contributed by atoms with Crippen molar-refractivity contribution in [2.45, 2.75) is 38.0 Å². The van der Waals surface area contributed by atoms with E-state index in [0.29, 0.717) is 0 Å². The zero-order valence-electron chi connectivity index (χ0n) is 24.9. The summed E-state index contributed by atoms with van der Waals surface area (Å²) < 4.78 is 86.4. The fourth-order valence-electron chi connectivity index (χ4n) is 4.61. The second-order valence-corrected chi connectivity index (χ2v) is 10.5. The quantitative estimate of drug-likeness (QED) is 0.185. The average Bonchev–Trinajstić information content (AvgIpc) is 3.04. The van der Waals surface area contributed by atoms with Gasteiger partial charge in [0, 0.05) is 25.2 Å². The Balaban J connectivity index is 1.46. The van der Waals surface area contributed by atoms with Gasteiger partial charge in [-0.2, -0.15) is 13.2 Å². The molecular formula is C31H29F6N5O6. The molecule has 0 radical (unpaired) electrons. The molecule has 4 rings (SSSR count). The van der Waals surface area contributed by atoms with Gasteiger partial charge < -0.3 is 30.1 Å². The summed E-state index contributed by atoms with van der Waals surface area (Å²) >= 11 is 0. The molecule has 0 aliphatic carbocycles. The number of aromatic nitrogens is 2. The first-order chi connectivity index (χ1) is 22.7. The fourth-order valence-corrected chi connectivity index (χ4v) is 4.61. The number of halogens is 6. The molecule has 3 aromatic rings. The van der Waals surface area contributed by atoms with Gasteiger partial charge in [-0.05, 0) is 48.2 Å². The summed E-state index contributed by atoms with van der Waals surface area (Å²) in [6, 6.07) is 12.4. The number of anilines is 1. The molecule has 48 heavy (non-hydrogen) atoms. The molecule has 1 aliphatic rings. The first-order valence-electron chi connectivity index (χ1n) is 14.4. The number of amides is 2. The smallest absolute Gasteiger partial charge is 0.480 e. The number of carbonyl (C=O) groups is 3. The van der Waals surface area contributed by atoms with Crippen LogP contribution in [0, 0.1) is 5.92 Å². The molecule has 0 spiro atoms. The molecule has 256 valence electrons. The van der Waals surface area contributed by atoms with Crippen molar-refractivity contribution in [1.29, 1.82) is 0 Å². The molecule has 3 N–H and O–H groups in total. The molecule has 11 nitrogen and oxygen atoms in total. The van der Waals surface area contributed by atoms with Crippen LogP contribution in [0.2, 0.25) is 0 Å². The van der Waals surface area contributed by atoms with Gasteiger partial charge in [0.15, 0.2) is 6.04 Å². The lowest BCUT2D eigenvalue weighted by Crippen LogP contribution is -2.48. The number of nitrogens with one attached hydrogen (secondary N) is 2. The molecular weight excluding hydrogens is 652 g/mol. The van der Waals surface area contributed by atoms with Crippen LogP contribution in [0.1, 0.15) is 29.7 Å². The molecule has 17 heteroatoms. The zero-order valence-corrected chi connectivity index (χ0v) is 24.9. The highest BCUT2D eigenvalue weighted by atomic mass is 19.4. The van der Waals surface area contributed by atoms with Crippen LogP contribution in [0.5, 0.6) is 5.75 Å². The average molecular weight is 682 g/mol. The second kappa shape index (κ2) is 15.6. The number of nitrogens with zero attached hydrogens (tertiary/aromatic N) is 3. The molecule has 0 saturated carbocycles. The lowest BCUT2D eigenvalue weighted by molar-refractivity contribution is -0.274. The second-order valence-electron chi connectivity index (χ2n) is 10.5. The van der Waals surface area contributed by atoms with Gasteiger partial charge in [-0.3, -0.25) is 9.59 Å². The Bertz CT molecular complexity index is 1590. The van der Waals surface area contributed by atoms with Crippen LogP contribution in [0.4, 0.5) is 32.3 Å². The number of carboxylic acid groups (broad SMARTS) is 1. The number of alkyl halides is 6. The van der Waals surface area contributed by atoms with Crippen LogP contribution < -0.4 is 20.3 Å². The van der Waals surface area contributed by atoms with Crippen LogP contribution in [-0.2, 0) is 31.9 Å². The summed E-state index contributed by atoms with van der Waals surface area (Å²) in [4.78, 5) is 47.4. The third-order valence-corrected chi connectivity index (χ3v) is 7.01. The van der Waals surface area contributed by atoms with Crippen molar-refractivity contribution >= 4 is 29.8 Å². The number of ether oxygens (including phenoxy) is 2. The summed E-state index contributed by atoms with van der Waals surface area (Å²) in [5.74, 6) is -4.51. The van der Waals surface area contributed by atoms with Gasteiger partial charge in [0.25, 0.3) is 5.91 Å². The number of hydrogen-bond acceptors (Lipinski definition) is 8. The summed E-state index contributed by atoms with van der Waals surface area (Å²) in [6.07, 6.45) is -7.19. The Morgan fingerprint density at radius 3 is 2.25 bits per heavy atom. The van der Waals surface area contributed by atoms with Gasteiger partial charge in [0.05, 0.1) is 13.2 Å². The van der Waals surface area contributed by atoms with Crippen molar-refractivity contribution in [3.05, 3.63) is 89.4 Å². The van der Waals surface area contributed by atoms with E-state index in [9.17, 15) is 45.8 Å². The maximum Gasteiger partial charge on any atom is 0.573 e. The van der Waals surface area contributed by atoms with E-state index in [4.69, 9.17) is 4.74 Å². The van der Waals surface area contributed by atoms with Gasteiger partial charge >= 0.3 is 18.5 Å². The van der Waals surface area contributed by atoms with Crippen molar-refractivity contribution in [3.63, 3.8) is 0 Å². The van der Waals surface area contributed by atoms with Crippen molar-refractivity contribution in [2.75, 3.05) is 24.6 Å². The van der Waals surface area contributed by atoms with Crippen LogP contribution in [0.3, 0.4) is 0 Å². The largest absolute Gasteiger partial charge is 0.573 e. The van der Waals surface area contributed by atoms with Crippen LogP contribution >= 0.6 is 0 Å². The highest BCUT2D eigenvalue weighted by Crippen LogP contribution is 2.29. The van der Waals surface area contributed by atoms with Gasteiger partial charge in [0.1, 0.15) is 17.1 Å². The lowest BCUT2D eigenvalue weighted by Gasteiger charge is -2.31. The molecule has 2 amide bonds. The number of rotatable bonds is 12. The number of carbonyl (C=O) groups excluding carboxylic acids is 2. The topological polar surface area (TPSA) is 143 Å². The summed E-state index contributed by atoms with van der Waals surface area (Å²) in [6.45, 7) is -0.149. The van der Waals surface area contributed by atoms with Gasteiger partial charge in [-0.1, -0.05) is 42.5 Å². The molecule has 1 atom stereocenters. The zero-order chi connectivity index (χ0) is 34.9. The van der Waals surface area contributed by atoms with E-state index < -0.39 is 66.0 Å². The predicted molar refractivity (Wildman–Crippen MR) is 157 cm³/mol. The Labute approximate surface area is 269 Å². The molecule has 1 saturated heterocycles. The van der Waals surface area contributed by atoms with Crippen molar-refractivity contribution < 1.29 is 55.3 Å². The van der Waals surface area contributed by atoms with Gasteiger partial charge in [-0.15, -0.1) is 13.2 Å². The van der Waals surface area contributed by atoms with Gasteiger partial charge in [0.2, 0.25) is 11.9 Å². The minimum atomic E-state index is -4.94. The van der Waals surface area contributed by atoms with Crippen molar-refractivity contribution in [1.82, 2.24) is 20.6 Å². The number of piperidine rings is 1. The first-order valence-corrected chi connectivity index (χ1v) is 14.4. The number of hydrogen-bond donors (Lipinski definition) is 3. The molecule has 1 aliphatic heterocycles. The Kier molecular flexibility index (Phi) is 11.6. The number of benzene rings is 2. The Morgan fingerprint density at radius 2 is 1.65 bits per heavy atom. The van der Waals surface area contributed by atoms with E-state index in [1.807, 2.05) is 0 Å². The molecule has 2 aromatic carbocycles. The normalized spacial score (nSPS) is 15.0. The molecule has 1 aromatic heterocycles. The minimum absolute atomic E-state index is 0.0521. The molecule has 1 fully saturated rings. The van der Waals surface area contributed by atoms with E-state index >= 15 is 0 Å². The number of aliphatic carboxylic acids is 1. The maximum atomic E-state index is 13.3. The third-order valence-electron chi connectivity index (χ3n) is 7.01. The molecule has 0 bridgehead atoms. The van der Waals surface area contributed by atoms with Crippen LogP contribution in [-0.4, -0.2) is 65.0 Å². The monoisotopic (exact) mass is 681 g/mol. The highest BCUT2D eigenvalue weighted by Gasteiger charge is 2.34. The standard InChI is InChI=1S/C31H29F6N5O6/c32-30(33,34)25-10-13-38-29(41-25)42-14-11-21(12-15-42)26(43)39-23(16-19-6-8-22(9-7-19)48-31(35,36)37)27(44)40-24(28(45)46)18-47-17-20-4-2-1-3-5-20/h1-10,13,16,21,24H,11-12,14-15,17-18H2,(H,39,43)(H,40,44)(H,45,46). The van der Waals surface area contributed by atoms with E-state index in [-0.39, 0.29) is 44.0 Å². The fraction of sp³-hybridized carbons (Fsp3) is 0.323. The van der Waals surface area contributed by atoms with Crippen molar-refractivity contribution in [2.24, 2.45) is 5.92 Å². The summed E-state index contributed by atoms with van der Waals surface area (Å²) in [5.41, 5.74) is -0.609. The van der Waals surface area contributed by atoms with E-state index in [1.165, 1.54) is 17.0 Å². The lowest BCUT2D eigenvalue weighted by atomic mass is 9.96.